The Morgan fingerprint density at radius 3 is 2.60 bits per heavy atom. The Morgan fingerprint density at radius 1 is 1.14 bits per heavy atom. The molecule has 1 aliphatic heterocycles. The van der Waals surface area contributed by atoms with E-state index in [9.17, 15) is 14.4 Å². The number of nitrogens with zero attached hydrogens (tertiary/aromatic N) is 1. The first-order chi connectivity index (χ1) is 16.7. The van der Waals surface area contributed by atoms with Gasteiger partial charge in [0.15, 0.2) is 11.4 Å². The lowest BCUT2D eigenvalue weighted by Crippen LogP contribution is -2.60. The predicted molar refractivity (Wildman–Crippen MR) is 125 cm³/mol. The van der Waals surface area contributed by atoms with E-state index in [1.165, 1.54) is 12.1 Å². The third-order valence-electron chi connectivity index (χ3n) is 6.42. The second-order valence-corrected chi connectivity index (χ2v) is 9.43. The Bertz CT molecular complexity index is 1080. The number of carbonyl (C=O) groups excluding carboxylic acids is 1. The minimum absolute atomic E-state index is 0.0905. The van der Waals surface area contributed by atoms with E-state index in [1.54, 1.807) is 24.3 Å². The predicted octanol–water partition coefficient (Wildman–Crippen LogP) is 3.99. The number of ether oxygens (including phenoxy) is 4. The summed E-state index contributed by atoms with van der Waals surface area (Å²) in [6.45, 7) is 6.27. The molecule has 1 N–H and O–H groups in total. The number of carbonyl (C=O) groups is 1. The Balaban J connectivity index is 1.61. The van der Waals surface area contributed by atoms with Gasteiger partial charge in [0.25, 0.3) is 5.91 Å². The Labute approximate surface area is 205 Å². The van der Waals surface area contributed by atoms with E-state index in [0.717, 1.165) is 5.56 Å². The van der Waals surface area contributed by atoms with Crippen LogP contribution in [-0.2, 0) is 37.0 Å². The third kappa shape index (κ3) is 5.71. The second-order valence-electron chi connectivity index (χ2n) is 9.43. The Morgan fingerprint density at radius 2 is 1.89 bits per heavy atom. The molecule has 0 bridgehead atoms. The number of amides is 1. The molecule has 0 spiro atoms. The van der Waals surface area contributed by atoms with E-state index in [1.807, 2.05) is 32.9 Å². The van der Waals surface area contributed by atoms with Crippen LogP contribution in [0.5, 0.6) is 0 Å². The fourth-order valence-electron chi connectivity index (χ4n) is 4.78. The summed E-state index contributed by atoms with van der Waals surface area (Å²) in [5.74, 6) is -1.41. The Hall–Kier alpha value is -2.83. The first-order valence-corrected chi connectivity index (χ1v) is 11.9. The molecule has 0 radical (unpaired) electrons. The molecule has 35 heavy (non-hydrogen) atoms. The van der Waals surface area contributed by atoms with Crippen LogP contribution in [-0.4, -0.2) is 42.2 Å². The lowest BCUT2D eigenvalue weighted by atomic mass is 9.78. The van der Waals surface area contributed by atoms with Crippen molar-refractivity contribution in [1.82, 2.24) is 5.32 Å². The molecule has 1 aliphatic carbocycles. The number of fused-ring (bicyclic) bond motifs is 1. The van der Waals surface area contributed by atoms with E-state index in [-0.39, 0.29) is 43.9 Å². The minimum Gasteiger partial charge on any atom is -0.371 e. The molecular weight excluding hydrogens is 451 g/mol. The molecule has 2 aliphatic rings. The maximum atomic E-state index is 13.4. The van der Waals surface area contributed by atoms with Crippen molar-refractivity contribution >= 4 is 5.91 Å². The van der Waals surface area contributed by atoms with Gasteiger partial charge < -0.3 is 24.3 Å². The van der Waals surface area contributed by atoms with Gasteiger partial charge in [-0.25, -0.2) is 4.39 Å². The fourth-order valence-corrected chi connectivity index (χ4v) is 4.78. The quantitative estimate of drug-likeness (QED) is 0.612. The maximum absolute atomic E-state index is 13.4. The summed E-state index contributed by atoms with van der Waals surface area (Å²) in [5.41, 5.74) is 0.766. The van der Waals surface area contributed by atoms with E-state index >= 15 is 0 Å². The molecule has 1 saturated carbocycles. The van der Waals surface area contributed by atoms with Crippen molar-refractivity contribution in [3.8, 4) is 6.07 Å². The molecule has 4 rings (SSSR count). The van der Waals surface area contributed by atoms with Crippen molar-refractivity contribution in [2.24, 2.45) is 0 Å². The highest BCUT2D eigenvalue weighted by molar-refractivity contribution is 5.85. The van der Waals surface area contributed by atoms with Crippen LogP contribution in [0, 0.1) is 17.1 Å². The summed E-state index contributed by atoms with van der Waals surface area (Å²) in [5, 5.41) is 12.4. The highest BCUT2D eigenvalue weighted by Crippen LogP contribution is 2.44. The molecule has 4 atom stereocenters. The van der Waals surface area contributed by atoms with Crippen LogP contribution >= 0.6 is 0 Å². The number of hydrogen-bond acceptors (Lipinski definition) is 6. The zero-order chi connectivity index (χ0) is 25.1. The highest BCUT2D eigenvalue weighted by atomic mass is 19.1. The summed E-state index contributed by atoms with van der Waals surface area (Å²) in [6.07, 6.45) is -0.781. The monoisotopic (exact) mass is 482 g/mol. The molecule has 0 aromatic heterocycles. The van der Waals surface area contributed by atoms with Crippen molar-refractivity contribution in [2.75, 3.05) is 6.54 Å². The lowest BCUT2D eigenvalue weighted by Gasteiger charge is -2.43. The van der Waals surface area contributed by atoms with E-state index in [4.69, 9.17) is 18.9 Å². The van der Waals surface area contributed by atoms with Crippen LogP contribution in [0.2, 0.25) is 0 Å². The Kier molecular flexibility index (Phi) is 7.53. The van der Waals surface area contributed by atoms with Crippen molar-refractivity contribution in [2.45, 2.75) is 76.5 Å². The normalized spacial score (nSPS) is 27.1. The number of nitrogens with one attached hydrogen (secondary N) is 1. The molecule has 2 fully saturated rings. The smallest absolute Gasteiger partial charge is 0.252 e. The summed E-state index contributed by atoms with van der Waals surface area (Å²) >= 11 is 0. The molecule has 2 aromatic rings. The van der Waals surface area contributed by atoms with Gasteiger partial charge in [0.1, 0.15) is 11.9 Å². The molecular formula is C27H31FN2O5. The molecule has 2 aromatic carbocycles. The number of likely N-dealkylation sites (N-methyl/N-ethyl adjacent to an activating group) is 1. The summed E-state index contributed by atoms with van der Waals surface area (Å²) in [4.78, 5) is 13.4. The van der Waals surface area contributed by atoms with Crippen LogP contribution in [0.1, 0.15) is 50.3 Å². The van der Waals surface area contributed by atoms with Gasteiger partial charge in [-0.1, -0.05) is 30.3 Å². The van der Waals surface area contributed by atoms with Crippen LogP contribution in [0.15, 0.2) is 48.5 Å². The third-order valence-corrected chi connectivity index (χ3v) is 6.42. The van der Waals surface area contributed by atoms with Gasteiger partial charge in [-0.05, 0) is 50.1 Å². The lowest BCUT2D eigenvalue weighted by molar-refractivity contribution is -0.183. The fraction of sp³-hybridized carbons (Fsp3) is 0.481. The van der Waals surface area contributed by atoms with E-state index in [2.05, 4.69) is 11.4 Å². The van der Waals surface area contributed by atoms with Crippen molar-refractivity contribution in [1.29, 1.82) is 5.26 Å². The molecule has 7 nitrogen and oxygen atoms in total. The van der Waals surface area contributed by atoms with Crippen molar-refractivity contribution in [3.05, 3.63) is 71.0 Å². The van der Waals surface area contributed by atoms with Crippen LogP contribution in [0.4, 0.5) is 4.39 Å². The van der Waals surface area contributed by atoms with Crippen LogP contribution in [0.25, 0.3) is 0 Å². The van der Waals surface area contributed by atoms with Gasteiger partial charge in [0.2, 0.25) is 0 Å². The van der Waals surface area contributed by atoms with Crippen LogP contribution in [0.3, 0.4) is 0 Å². The summed E-state index contributed by atoms with van der Waals surface area (Å²) < 4.78 is 38.3. The number of halogens is 1. The van der Waals surface area contributed by atoms with Crippen molar-refractivity contribution in [3.63, 3.8) is 0 Å². The molecule has 0 unspecified atom stereocenters. The van der Waals surface area contributed by atoms with Gasteiger partial charge in [0, 0.05) is 19.4 Å². The largest absolute Gasteiger partial charge is 0.371 e. The average molecular weight is 483 g/mol. The van der Waals surface area contributed by atoms with Gasteiger partial charge in [-0.2, -0.15) is 5.26 Å². The van der Waals surface area contributed by atoms with Crippen LogP contribution < -0.4 is 5.32 Å². The zero-order valence-corrected chi connectivity index (χ0v) is 20.3. The molecule has 186 valence electrons. The average Bonchev–Trinajstić information content (AvgIpc) is 3.16. The molecule has 1 heterocycles. The summed E-state index contributed by atoms with van der Waals surface area (Å²) in [7, 11) is 0. The number of rotatable bonds is 8. The zero-order valence-electron chi connectivity index (χ0n) is 20.3. The highest BCUT2D eigenvalue weighted by Gasteiger charge is 2.58. The number of hydrogen-bond donors (Lipinski definition) is 1. The second kappa shape index (κ2) is 10.4. The molecule has 1 saturated heterocycles. The van der Waals surface area contributed by atoms with E-state index in [0.29, 0.717) is 17.7 Å². The number of nitriles is 1. The van der Waals surface area contributed by atoms with Crippen molar-refractivity contribution < 1.29 is 28.1 Å². The topological polar surface area (TPSA) is 89.8 Å². The van der Waals surface area contributed by atoms with Gasteiger partial charge >= 0.3 is 0 Å². The standard InChI is InChI=1S/C27H31FN2O5/c1-4-30-25(31)27(33-17-20-8-6-5-7-19(20)15-29)13-22(24-23(14-27)34-26(2,3)35-24)32-16-18-9-11-21(28)12-10-18/h5-12,22-24H,4,13-14,16-17H2,1-3H3,(H,30,31)/t22-,23+,24-,27+/m0/s1. The molecule has 8 heteroatoms. The van der Waals surface area contributed by atoms with Gasteiger partial charge in [-0.3, -0.25) is 4.79 Å². The number of benzene rings is 2. The SMILES string of the molecule is CCNC(=O)[C@@]1(OCc2ccccc2C#N)C[C@H](OCc2ccc(F)cc2)[C@@H]2OC(C)(C)O[C@@H]2C1. The first-order valence-electron chi connectivity index (χ1n) is 11.9. The minimum atomic E-state index is -1.24. The van der Waals surface area contributed by atoms with E-state index < -0.39 is 23.6 Å². The van der Waals surface area contributed by atoms with Gasteiger partial charge in [0.05, 0.1) is 37.1 Å². The first kappa shape index (κ1) is 25.3. The van der Waals surface area contributed by atoms with Gasteiger partial charge in [-0.15, -0.1) is 0 Å². The maximum Gasteiger partial charge on any atom is 0.252 e. The summed E-state index contributed by atoms with van der Waals surface area (Å²) in [6, 6.07) is 15.4. The molecule has 1 amide bonds.